The van der Waals surface area contributed by atoms with E-state index in [9.17, 15) is 8.42 Å². The minimum absolute atomic E-state index is 0.112. The maximum absolute atomic E-state index is 11.5. The van der Waals surface area contributed by atoms with E-state index in [4.69, 9.17) is 11.6 Å². The summed E-state index contributed by atoms with van der Waals surface area (Å²) in [6.07, 6.45) is 4.82. The smallest absolute Gasteiger partial charge is 0.160 e. The van der Waals surface area contributed by atoms with E-state index < -0.39 is 9.84 Å². The molecular formula is C16H21ClN4O2S. The first-order valence-electron chi connectivity index (χ1n) is 7.92. The highest BCUT2D eigenvalue weighted by molar-refractivity contribution is 7.90. The van der Waals surface area contributed by atoms with Crippen molar-refractivity contribution in [1.29, 1.82) is 0 Å². The van der Waals surface area contributed by atoms with Gasteiger partial charge in [-0.15, -0.1) is 16.7 Å². The molecule has 0 aliphatic carbocycles. The molecule has 1 aliphatic heterocycles. The first kappa shape index (κ1) is 17.4. The monoisotopic (exact) mass is 368 g/mol. The summed E-state index contributed by atoms with van der Waals surface area (Å²) < 4.78 is 23.0. The third-order valence-corrected chi connectivity index (χ3v) is 6.17. The van der Waals surface area contributed by atoms with E-state index in [1.807, 2.05) is 26.1 Å². The molecule has 0 bridgehead atoms. The molecule has 1 fully saturated rings. The van der Waals surface area contributed by atoms with Crippen LogP contribution in [0.3, 0.4) is 0 Å². The van der Waals surface area contributed by atoms with E-state index in [2.05, 4.69) is 20.1 Å². The lowest BCUT2D eigenvalue weighted by Crippen LogP contribution is -2.57. The largest absolute Gasteiger partial charge is 0.351 e. The number of fused-ring (bicyclic) bond motifs is 1. The molecule has 2 aromatic rings. The van der Waals surface area contributed by atoms with Crippen LogP contribution in [0.2, 0.25) is 0 Å². The number of sulfone groups is 1. The standard InChI is InChI=1S/C16H21ClN4O2S/c1-10(5-17)15-4-12-6-19-20-16(14(12)7-18-15)21-8-13(11(21)2)9-24(3,22)23/h4,6-7,10-11,13H,5,8-9H2,1-3H3. The van der Waals surface area contributed by atoms with Gasteiger partial charge in [0.25, 0.3) is 0 Å². The molecule has 1 aliphatic rings. The van der Waals surface area contributed by atoms with Gasteiger partial charge in [0.2, 0.25) is 0 Å². The predicted molar refractivity (Wildman–Crippen MR) is 96.5 cm³/mol. The van der Waals surface area contributed by atoms with Crippen LogP contribution in [0.5, 0.6) is 0 Å². The SMILES string of the molecule is CC(CCl)c1cc2cnnc(N3CC(CS(C)(=O)=O)C3C)c2cn1. The second-order valence-corrected chi connectivity index (χ2v) is 9.16. The fourth-order valence-corrected chi connectivity index (χ4v) is 4.41. The molecule has 0 N–H and O–H groups in total. The van der Waals surface area contributed by atoms with E-state index >= 15 is 0 Å². The van der Waals surface area contributed by atoms with Crippen LogP contribution in [-0.2, 0) is 9.84 Å². The van der Waals surface area contributed by atoms with Gasteiger partial charge in [-0.3, -0.25) is 4.98 Å². The molecule has 3 rings (SSSR count). The summed E-state index contributed by atoms with van der Waals surface area (Å²) in [5.74, 6) is 1.79. The molecule has 0 saturated carbocycles. The molecule has 2 aromatic heterocycles. The Kier molecular flexibility index (Phi) is 4.66. The molecule has 6 nitrogen and oxygen atoms in total. The molecule has 24 heavy (non-hydrogen) atoms. The Balaban J connectivity index is 1.89. The maximum Gasteiger partial charge on any atom is 0.160 e. The lowest BCUT2D eigenvalue weighted by molar-refractivity contribution is 0.338. The Morgan fingerprint density at radius 2 is 2.17 bits per heavy atom. The summed E-state index contributed by atoms with van der Waals surface area (Å²) >= 11 is 5.91. The van der Waals surface area contributed by atoms with E-state index in [1.165, 1.54) is 6.26 Å². The van der Waals surface area contributed by atoms with Gasteiger partial charge in [0, 0.05) is 59.2 Å². The molecule has 0 radical (unpaired) electrons. The van der Waals surface area contributed by atoms with Crippen molar-refractivity contribution in [1.82, 2.24) is 15.2 Å². The molecule has 8 heteroatoms. The fourth-order valence-electron chi connectivity index (χ4n) is 3.09. The third kappa shape index (κ3) is 3.32. The van der Waals surface area contributed by atoms with Crippen molar-refractivity contribution < 1.29 is 8.42 Å². The fraction of sp³-hybridized carbons (Fsp3) is 0.562. The van der Waals surface area contributed by atoms with E-state index in [0.717, 1.165) is 22.3 Å². The van der Waals surface area contributed by atoms with Crippen LogP contribution >= 0.6 is 11.6 Å². The minimum Gasteiger partial charge on any atom is -0.351 e. The van der Waals surface area contributed by atoms with Gasteiger partial charge in [-0.05, 0) is 13.0 Å². The molecule has 3 unspecified atom stereocenters. The van der Waals surface area contributed by atoms with Crippen molar-refractivity contribution >= 4 is 38.0 Å². The second-order valence-electron chi connectivity index (χ2n) is 6.67. The topological polar surface area (TPSA) is 76.1 Å². The molecule has 1 saturated heterocycles. The lowest BCUT2D eigenvalue weighted by Gasteiger charge is -2.47. The highest BCUT2D eigenvalue weighted by Crippen LogP contribution is 2.34. The van der Waals surface area contributed by atoms with Crippen LogP contribution in [-0.4, -0.2) is 54.1 Å². The first-order valence-corrected chi connectivity index (χ1v) is 10.5. The maximum atomic E-state index is 11.5. The lowest BCUT2D eigenvalue weighted by atomic mass is 9.91. The Morgan fingerprint density at radius 3 is 2.79 bits per heavy atom. The minimum atomic E-state index is -2.97. The van der Waals surface area contributed by atoms with Gasteiger partial charge >= 0.3 is 0 Å². The van der Waals surface area contributed by atoms with Gasteiger partial charge in [-0.1, -0.05) is 6.92 Å². The average Bonchev–Trinajstić information content (AvgIpc) is 2.55. The summed E-state index contributed by atoms with van der Waals surface area (Å²) in [5, 5.41) is 10.3. The first-order chi connectivity index (χ1) is 11.3. The molecule has 0 spiro atoms. The number of anilines is 1. The summed E-state index contributed by atoms with van der Waals surface area (Å²) in [6.45, 7) is 4.73. The quantitative estimate of drug-likeness (QED) is 0.753. The molecule has 3 atom stereocenters. The zero-order valence-electron chi connectivity index (χ0n) is 14.0. The molecular weight excluding hydrogens is 348 g/mol. The number of pyridine rings is 1. The van der Waals surface area contributed by atoms with Crippen LogP contribution < -0.4 is 4.90 Å². The van der Waals surface area contributed by atoms with Crippen LogP contribution in [0, 0.1) is 5.92 Å². The van der Waals surface area contributed by atoms with E-state index in [0.29, 0.717) is 12.4 Å². The number of hydrogen-bond donors (Lipinski definition) is 0. The van der Waals surface area contributed by atoms with Crippen molar-refractivity contribution in [3.8, 4) is 0 Å². The van der Waals surface area contributed by atoms with Crippen LogP contribution in [0.25, 0.3) is 10.8 Å². The van der Waals surface area contributed by atoms with Crippen LogP contribution in [0.4, 0.5) is 5.82 Å². The molecule has 3 heterocycles. The van der Waals surface area contributed by atoms with E-state index in [-0.39, 0.29) is 23.6 Å². The summed E-state index contributed by atoms with van der Waals surface area (Å²) in [5.41, 5.74) is 0.933. The number of aromatic nitrogens is 3. The zero-order valence-corrected chi connectivity index (χ0v) is 15.5. The van der Waals surface area contributed by atoms with Crippen LogP contribution in [0.15, 0.2) is 18.5 Å². The average molecular weight is 369 g/mol. The number of halogens is 1. The van der Waals surface area contributed by atoms with Gasteiger partial charge in [-0.25, -0.2) is 8.42 Å². The van der Waals surface area contributed by atoms with E-state index in [1.54, 1.807) is 6.20 Å². The number of nitrogens with zero attached hydrogens (tertiary/aromatic N) is 4. The van der Waals surface area contributed by atoms with Gasteiger partial charge in [0.05, 0.1) is 11.9 Å². The van der Waals surface area contributed by atoms with Crippen molar-refractivity contribution in [2.45, 2.75) is 25.8 Å². The summed E-state index contributed by atoms with van der Waals surface area (Å²) in [4.78, 5) is 6.60. The highest BCUT2D eigenvalue weighted by Gasteiger charge is 2.39. The predicted octanol–water partition coefficient (Wildman–Crippen LogP) is 2.24. The number of hydrogen-bond acceptors (Lipinski definition) is 6. The highest BCUT2D eigenvalue weighted by atomic mass is 35.5. The zero-order chi connectivity index (χ0) is 17.5. The third-order valence-electron chi connectivity index (χ3n) is 4.68. The van der Waals surface area contributed by atoms with Gasteiger partial charge in [-0.2, -0.15) is 5.10 Å². The number of alkyl halides is 1. The van der Waals surface area contributed by atoms with Gasteiger partial charge in [0.15, 0.2) is 5.82 Å². The summed E-state index contributed by atoms with van der Waals surface area (Å²) in [6, 6.07) is 2.11. The van der Waals surface area contributed by atoms with Crippen molar-refractivity contribution in [2.24, 2.45) is 5.92 Å². The Hall–Kier alpha value is -1.47. The van der Waals surface area contributed by atoms with Crippen LogP contribution in [0.1, 0.15) is 25.5 Å². The molecule has 0 amide bonds. The Labute approximate surface area is 147 Å². The molecule has 130 valence electrons. The Morgan fingerprint density at radius 1 is 1.42 bits per heavy atom. The second kappa shape index (κ2) is 6.44. The molecule has 0 aromatic carbocycles. The Bertz CT molecular complexity index is 858. The van der Waals surface area contributed by atoms with Gasteiger partial charge in [0.1, 0.15) is 9.84 Å². The summed E-state index contributed by atoms with van der Waals surface area (Å²) in [7, 11) is -2.97. The van der Waals surface area contributed by atoms with Crippen molar-refractivity contribution in [2.75, 3.05) is 29.3 Å². The normalized spacial score (nSPS) is 22.4. The van der Waals surface area contributed by atoms with Crippen molar-refractivity contribution in [3.05, 3.63) is 24.2 Å². The number of rotatable bonds is 5. The van der Waals surface area contributed by atoms with Gasteiger partial charge < -0.3 is 4.90 Å². The van der Waals surface area contributed by atoms with Crippen molar-refractivity contribution in [3.63, 3.8) is 0 Å².